The predicted molar refractivity (Wildman–Crippen MR) is 59.6 cm³/mol. The minimum absolute atomic E-state index is 0.110. The molecular weight excluding hydrogens is 174 g/mol. The van der Waals surface area contributed by atoms with Crippen LogP contribution in [0.25, 0.3) is 0 Å². The highest BCUT2D eigenvalue weighted by Crippen LogP contribution is 2.28. The van der Waals surface area contributed by atoms with Gasteiger partial charge in [0, 0.05) is 5.69 Å². The highest BCUT2D eigenvalue weighted by atomic mass is 16.1. The number of hydrogen-bond donors (Lipinski definition) is 1. The summed E-state index contributed by atoms with van der Waals surface area (Å²) in [4.78, 5) is 11.1. The number of carbonyl (C=O) groups is 1. The van der Waals surface area contributed by atoms with Crippen LogP contribution in [0.4, 0.5) is 5.69 Å². The Morgan fingerprint density at radius 3 is 2.50 bits per heavy atom. The summed E-state index contributed by atoms with van der Waals surface area (Å²) in [6.45, 7) is 8.10. The van der Waals surface area contributed by atoms with Crippen molar-refractivity contribution in [2.24, 2.45) is 0 Å². The first-order valence-electron chi connectivity index (χ1n) is 5.07. The Bertz CT molecular complexity index is 356. The van der Waals surface area contributed by atoms with Gasteiger partial charge < -0.3 is 5.32 Å². The third-order valence-electron chi connectivity index (χ3n) is 2.44. The van der Waals surface area contributed by atoms with Crippen molar-refractivity contribution in [3.8, 4) is 0 Å². The van der Waals surface area contributed by atoms with E-state index < -0.39 is 0 Å². The van der Waals surface area contributed by atoms with Crippen molar-refractivity contribution in [1.82, 2.24) is 0 Å². The molecule has 1 amide bonds. The molecule has 76 valence electrons. The number of benzene rings is 1. The van der Waals surface area contributed by atoms with Crippen LogP contribution in [0.2, 0.25) is 0 Å². The monoisotopic (exact) mass is 191 g/mol. The maximum absolute atomic E-state index is 11.1. The van der Waals surface area contributed by atoms with Crippen LogP contribution in [0.1, 0.15) is 30.5 Å². The first-order chi connectivity index (χ1) is 6.68. The van der Waals surface area contributed by atoms with Crippen LogP contribution in [0.5, 0.6) is 0 Å². The van der Waals surface area contributed by atoms with Crippen LogP contribution >= 0.6 is 0 Å². The fourth-order valence-corrected chi connectivity index (χ4v) is 1.55. The van der Waals surface area contributed by atoms with Crippen LogP contribution in [0.15, 0.2) is 12.1 Å². The maximum atomic E-state index is 11.1. The molecule has 0 aromatic heterocycles. The van der Waals surface area contributed by atoms with E-state index >= 15 is 0 Å². The van der Waals surface area contributed by atoms with Gasteiger partial charge in [0.15, 0.2) is 0 Å². The van der Waals surface area contributed by atoms with Crippen LogP contribution in [0, 0.1) is 13.8 Å². The molecule has 2 rings (SSSR count). The molecule has 0 aliphatic carbocycles. The summed E-state index contributed by atoms with van der Waals surface area (Å²) in [6.07, 6.45) is 0.538. The van der Waals surface area contributed by atoms with Gasteiger partial charge in [0.1, 0.15) is 0 Å². The zero-order valence-electron chi connectivity index (χ0n) is 9.27. The summed E-state index contributed by atoms with van der Waals surface area (Å²) < 4.78 is 0. The van der Waals surface area contributed by atoms with Gasteiger partial charge in [0.25, 0.3) is 0 Å². The summed E-state index contributed by atoms with van der Waals surface area (Å²) in [5.41, 5.74) is 4.58. The third kappa shape index (κ3) is 1.79. The van der Waals surface area contributed by atoms with Crippen LogP contribution in [-0.4, -0.2) is 5.91 Å². The van der Waals surface area contributed by atoms with Gasteiger partial charge in [-0.05, 0) is 30.5 Å². The number of rotatable bonds is 0. The highest BCUT2D eigenvalue weighted by Gasteiger charge is 2.19. The number of fused-ring (bicyclic) bond motifs is 1. The lowest BCUT2D eigenvalue weighted by Crippen LogP contribution is -2.04. The number of amides is 1. The molecule has 14 heavy (non-hydrogen) atoms. The summed E-state index contributed by atoms with van der Waals surface area (Å²) in [5, 5.41) is 2.87. The predicted octanol–water partition coefficient (Wildman–Crippen LogP) is 2.82. The number of hydrogen-bond acceptors (Lipinski definition) is 1. The van der Waals surface area contributed by atoms with Gasteiger partial charge in [0.2, 0.25) is 5.91 Å². The Morgan fingerprint density at radius 2 is 1.86 bits per heavy atom. The van der Waals surface area contributed by atoms with Gasteiger partial charge in [-0.2, -0.15) is 0 Å². The SMILES string of the molecule is CC.Cc1ccc2c(c1C)NC(=O)C2. The Labute approximate surface area is 85.3 Å². The normalized spacial score (nSPS) is 12.7. The molecule has 1 heterocycles. The van der Waals surface area contributed by atoms with E-state index in [1.54, 1.807) is 0 Å². The first kappa shape index (κ1) is 10.8. The van der Waals surface area contributed by atoms with Crippen molar-refractivity contribution < 1.29 is 4.79 Å². The summed E-state index contributed by atoms with van der Waals surface area (Å²) >= 11 is 0. The second kappa shape index (κ2) is 4.27. The maximum Gasteiger partial charge on any atom is 0.228 e. The molecule has 0 atom stereocenters. The molecule has 0 bridgehead atoms. The van der Waals surface area contributed by atoms with Crippen LogP contribution in [0.3, 0.4) is 0 Å². The number of aryl methyl sites for hydroxylation is 1. The van der Waals surface area contributed by atoms with Crippen molar-refractivity contribution in [3.63, 3.8) is 0 Å². The minimum Gasteiger partial charge on any atom is -0.325 e. The highest BCUT2D eigenvalue weighted by molar-refractivity contribution is 6.00. The topological polar surface area (TPSA) is 29.1 Å². The molecule has 0 spiro atoms. The lowest BCUT2D eigenvalue weighted by molar-refractivity contribution is -0.115. The lowest BCUT2D eigenvalue weighted by Gasteiger charge is -2.05. The van der Waals surface area contributed by atoms with Gasteiger partial charge >= 0.3 is 0 Å². The van der Waals surface area contributed by atoms with E-state index in [0.29, 0.717) is 6.42 Å². The van der Waals surface area contributed by atoms with Gasteiger partial charge in [-0.3, -0.25) is 4.79 Å². The summed E-state index contributed by atoms with van der Waals surface area (Å²) in [6, 6.07) is 4.09. The van der Waals surface area contributed by atoms with E-state index in [2.05, 4.69) is 18.3 Å². The van der Waals surface area contributed by atoms with Gasteiger partial charge in [0.05, 0.1) is 6.42 Å². The smallest absolute Gasteiger partial charge is 0.228 e. The van der Waals surface area contributed by atoms with Crippen molar-refractivity contribution >= 4 is 11.6 Å². The molecule has 2 heteroatoms. The molecule has 0 saturated carbocycles. The van der Waals surface area contributed by atoms with Crippen molar-refractivity contribution in [2.75, 3.05) is 5.32 Å². The zero-order chi connectivity index (χ0) is 10.7. The second-order valence-electron chi connectivity index (χ2n) is 3.27. The average molecular weight is 191 g/mol. The molecule has 0 radical (unpaired) electrons. The minimum atomic E-state index is 0.110. The Kier molecular flexibility index (Phi) is 3.28. The van der Waals surface area contributed by atoms with E-state index in [4.69, 9.17) is 0 Å². The largest absolute Gasteiger partial charge is 0.325 e. The molecule has 1 aromatic carbocycles. The number of anilines is 1. The molecule has 1 aliphatic rings. The standard InChI is InChI=1S/C10H11NO.C2H6/c1-6-3-4-8-5-9(12)11-10(8)7(6)2;1-2/h3-4H,5H2,1-2H3,(H,11,12);1-2H3. The van der Waals surface area contributed by atoms with E-state index in [0.717, 1.165) is 11.3 Å². The van der Waals surface area contributed by atoms with E-state index in [1.807, 2.05) is 26.8 Å². The van der Waals surface area contributed by atoms with Crippen LogP contribution < -0.4 is 5.32 Å². The molecule has 1 aromatic rings. The number of nitrogens with one attached hydrogen (secondary N) is 1. The quantitative estimate of drug-likeness (QED) is 0.671. The zero-order valence-corrected chi connectivity index (χ0v) is 9.27. The summed E-state index contributed by atoms with van der Waals surface area (Å²) in [7, 11) is 0. The molecule has 2 nitrogen and oxygen atoms in total. The van der Waals surface area contributed by atoms with Gasteiger partial charge in [-0.15, -0.1) is 0 Å². The van der Waals surface area contributed by atoms with E-state index in [9.17, 15) is 4.79 Å². The van der Waals surface area contributed by atoms with Crippen molar-refractivity contribution in [1.29, 1.82) is 0 Å². The van der Waals surface area contributed by atoms with Crippen molar-refractivity contribution in [2.45, 2.75) is 34.1 Å². The number of carbonyl (C=O) groups excluding carboxylic acids is 1. The van der Waals surface area contributed by atoms with Gasteiger partial charge in [-0.25, -0.2) is 0 Å². The molecule has 0 fully saturated rings. The Balaban J connectivity index is 0.000000461. The van der Waals surface area contributed by atoms with E-state index in [-0.39, 0.29) is 5.91 Å². The van der Waals surface area contributed by atoms with E-state index in [1.165, 1.54) is 11.1 Å². The molecule has 0 unspecified atom stereocenters. The summed E-state index contributed by atoms with van der Waals surface area (Å²) in [5.74, 6) is 0.110. The Hall–Kier alpha value is -1.31. The third-order valence-corrected chi connectivity index (χ3v) is 2.44. The fraction of sp³-hybridized carbons (Fsp3) is 0.417. The van der Waals surface area contributed by atoms with Crippen LogP contribution in [-0.2, 0) is 11.2 Å². The second-order valence-corrected chi connectivity index (χ2v) is 3.27. The van der Waals surface area contributed by atoms with Crippen molar-refractivity contribution in [3.05, 3.63) is 28.8 Å². The fourth-order valence-electron chi connectivity index (χ4n) is 1.55. The first-order valence-corrected chi connectivity index (χ1v) is 5.07. The Morgan fingerprint density at radius 1 is 1.21 bits per heavy atom. The molecule has 1 N–H and O–H groups in total. The molecular formula is C12H17NO. The lowest BCUT2D eigenvalue weighted by atomic mass is 10.0. The van der Waals surface area contributed by atoms with Gasteiger partial charge in [-0.1, -0.05) is 26.0 Å². The molecule has 1 aliphatic heterocycles. The average Bonchev–Trinajstić information content (AvgIpc) is 2.57. The molecule has 0 saturated heterocycles.